The number of H-pyrrole nitrogens is 1. The third kappa shape index (κ3) is 2.83. The number of nitrogens with zero attached hydrogens (tertiary/aromatic N) is 2. The Morgan fingerprint density at radius 1 is 1.15 bits per heavy atom. The summed E-state index contributed by atoms with van der Waals surface area (Å²) in [5.74, 6) is -1.43. The number of alkyl halides is 2. The van der Waals surface area contributed by atoms with Crippen LogP contribution < -0.4 is 15.2 Å². The molecule has 0 radical (unpaired) electrons. The van der Waals surface area contributed by atoms with Crippen LogP contribution in [0.1, 0.15) is 18.3 Å². The molecule has 3 aromatic rings. The van der Waals surface area contributed by atoms with Gasteiger partial charge in [-0.05, 0) is 30.2 Å². The number of halogens is 2. The minimum Gasteiger partial charge on any atom is -0.423 e. The van der Waals surface area contributed by atoms with E-state index in [0.29, 0.717) is 22.9 Å². The van der Waals surface area contributed by atoms with Gasteiger partial charge in [0.1, 0.15) is 5.82 Å². The standard InChI is InChI=1S/C19H15F2N3O3/c1-2-11-6-5-9-14-16(11)27-19(20,21)18(26)24(14)10-15-22-13-8-4-3-7-12(13)17(25)23-15/h3-9H,2,10H2,1H3,(H,22,23,25). The number of nitrogens with one attached hydrogen (secondary N) is 1. The van der Waals surface area contributed by atoms with E-state index in [1.54, 1.807) is 43.3 Å². The second-order valence-electron chi connectivity index (χ2n) is 6.16. The fourth-order valence-corrected chi connectivity index (χ4v) is 3.13. The van der Waals surface area contributed by atoms with Gasteiger partial charge in [0.2, 0.25) is 0 Å². The van der Waals surface area contributed by atoms with E-state index < -0.39 is 17.6 Å². The van der Waals surface area contributed by atoms with Crippen molar-refractivity contribution >= 4 is 22.5 Å². The number of amides is 1. The van der Waals surface area contributed by atoms with Crippen molar-refractivity contribution in [2.45, 2.75) is 26.0 Å². The van der Waals surface area contributed by atoms with E-state index in [4.69, 9.17) is 4.74 Å². The van der Waals surface area contributed by atoms with Crippen LogP contribution in [0.15, 0.2) is 47.3 Å². The zero-order chi connectivity index (χ0) is 19.2. The molecule has 0 unspecified atom stereocenters. The number of anilines is 1. The van der Waals surface area contributed by atoms with E-state index in [9.17, 15) is 18.4 Å². The maximum Gasteiger partial charge on any atom is 0.483 e. The second kappa shape index (κ2) is 6.15. The Bertz CT molecular complexity index is 1110. The summed E-state index contributed by atoms with van der Waals surface area (Å²) < 4.78 is 33.0. The molecule has 8 heteroatoms. The third-order valence-electron chi connectivity index (χ3n) is 4.44. The van der Waals surface area contributed by atoms with Gasteiger partial charge in [0, 0.05) is 0 Å². The highest BCUT2D eigenvalue weighted by Gasteiger charge is 2.51. The molecule has 4 rings (SSSR count). The Morgan fingerprint density at radius 2 is 1.93 bits per heavy atom. The molecule has 27 heavy (non-hydrogen) atoms. The summed E-state index contributed by atoms with van der Waals surface area (Å²) in [6.45, 7) is 1.50. The smallest absolute Gasteiger partial charge is 0.423 e. The average Bonchev–Trinajstić information content (AvgIpc) is 2.65. The lowest BCUT2D eigenvalue weighted by Crippen LogP contribution is -2.50. The molecule has 1 aliphatic rings. The largest absolute Gasteiger partial charge is 0.483 e. The molecule has 1 amide bonds. The number of carbonyl (C=O) groups excluding carboxylic acids is 1. The quantitative estimate of drug-likeness (QED) is 0.768. The molecule has 0 spiro atoms. The summed E-state index contributed by atoms with van der Waals surface area (Å²) in [5.41, 5.74) is 0.808. The number of hydrogen-bond acceptors (Lipinski definition) is 4. The number of para-hydroxylation sites is 2. The van der Waals surface area contributed by atoms with Crippen LogP contribution in [-0.2, 0) is 17.8 Å². The number of aromatic nitrogens is 2. The van der Waals surface area contributed by atoms with Gasteiger partial charge in [0.05, 0.1) is 23.1 Å². The minimum absolute atomic E-state index is 0.0345. The highest BCUT2D eigenvalue weighted by atomic mass is 19.3. The van der Waals surface area contributed by atoms with E-state index in [-0.39, 0.29) is 23.8 Å². The van der Waals surface area contributed by atoms with Gasteiger partial charge in [0.25, 0.3) is 5.56 Å². The van der Waals surface area contributed by atoms with Crippen LogP contribution in [0.4, 0.5) is 14.5 Å². The molecule has 1 aliphatic heterocycles. The predicted octanol–water partition coefficient (Wildman–Crippen LogP) is 3.00. The zero-order valence-corrected chi connectivity index (χ0v) is 14.3. The molecule has 1 aromatic heterocycles. The van der Waals surface area contributed by atoms with E-state index in [1.807, 2.05) is 0 Å². The van der Waals surface area contributed by atoms with E-state index >= 15 is 0 Å². The number of aromatic amines is 1. The van der Waals surface area contributed by atoms with Gasteiger partial charge < -0.3 is 9.72 Å². The first-order valence-electron chi connectivity index (χ1n) is 8.39. The van der Waals surface area contributed by atoms with E-state index in [0.717, 1.165) is 4.90 Å². The molecule has 138 valence electrons. The summed E-state index contributed by atoms with van der Waals surface area (Å²) in [6.07, 6.45) is -3.53. The Kier molecular flexibility index (Phi) is 3.91. The van der Waals surface area contributed by atoms with Gasteiger partial charge in [-0.2, -0.15) is 8.78 Å². The molecular formula is C19H15F2N3O3. The number of ether oxygens (including phenoxy) is 1. The lowest BCUT2D eigenvalue weighted by atomic mass is 10.1. The van der Waals surface area contributed by atoms with Crippen molar-refractivity contribution < 1.29 is 18.3 Å². The zero-order valence-electron chi connectivity index (χ0n) is 14.3. The first-order chi connectivity index (χ1) is 12.9. The first-order valence-corrected chi connectivity index (χ1v) is 8.39. The van der Waals surface area contributed by atoms with Gasteiger partial charge in [0.15, 0.2) is 5.75 Å². The molecule has 2 aromatic carbocycles. The molecular weight excluding hydrogens is 356 g/mol. The molecule has 0 atom stereocenters. The summed E-state index contributed by atoms with van der Waals surface area (Å²) >= 11 is 0. The molecule has 1 N–H and O–H groups in total. The number of benzene rings is 2. The number of rotatable bonds is 3. The van der Waals surface area contributed by atoms with Crippen molar-refractivity contribution in [3.05, 3.63) is 64.2 Å². The normalized spacial score (nSPS) is 15.5. The van der Waals surface area contributed by atoms with Crippen LogP contribution in [-0.4, -0.2) is 22.0 Å². The van der Waals surface area contributed by atoms with Gasteiger partial charge >= 0.3 is 12.0 Å². The van der Waals surface area contributed by atoms with Crippen molar-refractivity contribution in [3.63, 3.8) is 0 Å². The summed E-state index contributed by atoms with van der Waals surface area (Å²) in [6, 6.07) is 11.5. The highest BCUT2D eigenvalue weighted by molar-refractivity contribution is 6.01. The predicted molar refractivity (Wildman–Crippen MR) is 94.9 cm³/mol. The molecule has 0 saturated carbocycles. The van der Waals surface area contributed by atoms with Crippen LogP contribution in [0.25, 0.3) is 10.9 Å². The summed E-state index contributed by atoms with van der Waals surface area (Å²) in [4.78, 5) is 32.3. The van der Waals surface area contributed by atoms with Crippen LogP contribution in [0.2, 0.25) is 0 Å². The summed E-state index contributed by atoms with van der Waals surface area (Å²) in [7, 11) is 0. The number of aryl methyl sites for hydroxylation is 1. The van der Waals surface area contributed by atoms with Crippen LogP contribution in [0, 0.1) is 0 Å². The van der Waals surface area contributed by atoms with Gasteiger partial charge in [-0.25, -0.2) is 4.98 Å². The average molecular weight is 371 g/mol. The van der Waals surface area contributed by atoms with Gasteiger partial charge in [-0.1, -0.05) is 31.2 Å². The topological polar surface area (TPSA) is 75.3 Å². The third-order valence-corrected chi connectivity index (χ3v) is 4.44. The van der Waals surface area contributed by atoms with Crippen LogP contribution in [0.5, 0.6) is 5.75 Å². The Morgan fingerprint density at radius 3 is 2.70 bits per heavy atom. The highest BCUT2D eigenvalue weighted by Crippen LogP contribution is 2.42. The first kappa shape index (κ1) is 17.1. The molecule has 0 aliphatic carbocycles. The maximum absolute atomic E-state index is 14.2. The molecule has 0 fully saturated rings. The maximum atomic E-state index is 14.2. The minimum atomic E-state index is -3.99. The van der Waals surface area contributed by atoms with Gasteiger partial charge in [-0.3, -0.25) is 14.5 Å². The second-order valence-corrected chi connectivity index (χ2v) is 6.16. The lowest BCUT2D eigenvalue weighted by Gasteiger charge is -2.34. The lowest BCUT2D eigenvalue weighted by molar-refractivity contribution is -0.193. The van der Waals surface area contributed by atoms with E-state index in [2.05, 4.69) is 9.97 Å². The van der Waals surface area contributed by atoms with Crippen LogP contribution >= 0.6 is 0 Å². The Labute approximate surface area is 152 Å². The monoisotopic (exact) mass is 371 g/mol. The molecule has 0 bridgehead atoms. The Balaban J connectivity index is 1.82. The van der Waals surface area contributed by atoms with E-state index in [1.165, 1.54) is 6.07 Å². The fraction of sp³-hybridized carbons (Fsp3) is 0.211. The number of carbonyl (C=O) groups is 1. The summed E-state index contributed by atoms with van der Waals surface area (Å²) in [5, 5.41) is 0.383. The SMILES string of the molecule is CCc1cccc2c1OC(F)(F)C(=O)N2Cc1nc2ccccc2c(=O)[nH]1. The van der Waals surface area contributed by atoms with Crippen molar-refractivity contribution in [3.8, 4) is 5.75 Å². The van der Waals surface area contributed by atoms with Crippen molar-refractivity contribution in [1.29, 1.82) is 0 Å². The number of hydrogen-bond donors (Lipinski definition) is 1. The molecule has 2 heterocycles. The van der Waals surface area contributed by atoms with Crippen molar-refractivity contribution in [1.82, 2.24) is 9.97 Å². The fourth-order valence-electron chi connectivity index (χ4n) is 3.13. The van der Waals surface area contributed by atoms with Crippen molar-refractivity contribution in [2.24, 2.45) is 0 Å². The van der Waals surface area contributed by atoms with Gasteiger partial charge in [-0.15, -0.1) is 0 Å². The van der Waals surface area contributed by atoms with Crippen molar-refractivity contribution in [2.75, 3.05) is 4.90 Å². The van der Waals surface area contributed by atoms with Crippen LogP contribution in [0.3, 0.4) is 0 Å². The molecule has 6 nitrogen and oxygen atoms in total. The molecule has 0 saturated heterocycles. The number of fused-ring (bicyclic) bond motifs is 2. The Hall–Kier alpha value is -3.29.